The fraction of sp³-hybridized carbons (Fsp3) is 0.304. The van der Waals surface area contributed by atoms with E-state index in [4.69, 9.17) is 18.9 Å². The maximum absolute atomic E-state index is 5.64. The molecule has 5 aromatic rings. The summed E-state index contributed by atoms with van der Waals surface area (Å²) in [6.45, 7) is 1.40. The molecule has 3 N–H and O–H groups in total. The van der Waals surface area contributed by atoms with Gasteiger partial charge in [0.25, 0.3) is 0 Å². The van der Waals surface area contributed by atoms with Crippen LogP contribution in [-0.2, 0) is 11.8 Å². The number of nitrogens with one attached hydrogen (secondary N) is 3. The van der Waals surface area contributed by atoms with Crippen LogP contribution in [0.15, 0.2) is 41.5 Å². The molecule has 0 spiro atoms. The largest absolute Gasteiger partial charge is 0.495 e. The fourth-order valence-corrected chi connectivity index (χ4v) is 4.24. The molecule has 13 heteroatoms. The smallest absolute Gasteiger partial charge is 0.231 e. The number of anilines is 3. The molecule has 13 nitrogen and oxygen atoms in total. The van der Waals surface area contributed by atoms with Crippen LogP contribution in [0.1, 0.15) is 12.8 Å². The summed E-state index contributed by atoms with van der Waals surface area (Å²) >= 11 is 0. The number of methoxy groups -OCH3 is 1. The standard InChI is InChI=1S/C23H24N10O3/c1-33-11-25-32-22(33)13-3-4-15(16(9-13)34-2)27-23-28-20(26-14-5-7-35-8-6-14)18-19(17-10-24-12-36-17)30-31-21(18)29-23/h3-4,9-12,14H,5-8H2,1-2H3,(H3,26,27,28,29,30,31). The molecule has 6 rings (SSSR count). The van der Waals surface area contributed by atoms with Crippen molar-refractivity contribution in [2.24, 2.45) is 7.05 Å². The third kappa shape index (κ3) is 4.09. The molecular formula is C23H24N10O3. The summed E-state index contributed by atoms with van der Waals surface area (Å²) in [6, 6.07) is 5.94. The molecular weight excluding hydrogens is 464 g/mol. The van der Waals surface area contributed by atoms with E-state index in [1.165, 1.54) is 6.39 Å². The molecule has 0 bridgehead atoms. The molecule has 1 aliphatic rings. The molecule has 1 aromatic carbocycles. The van der Waals surface area contributed by atoms with E-state index in [2.05, 4.69) is 41.0 Å². The first-order valence-electron chi connectivity index (χ1n) is 11.5. The third-order valence-electron chi connectivity index (χ3n) is 6.06. The Hall–Kier alpha value is -4.52. The van der Waals surface area contributed by atoms with Crippen molar-refractivity contribution in [3.05, 3.63) is 37.1 Å². The van der Waals surface area contributed by atoms with Crippen molar-refractivity contribution in [2.75, 3.05) is 31.0 Å². The Kier molecular flexibility index (Phi) is 5.65. The lowest BCUT2D eigenvalue weighted by Crippen LogP contribution is -2.28. The van der Waals surface area contributed by atoms with Gasteiger partial charge in [-0.25, -0.2) is 4.98 Å². The summed E-state index contributed by atoms with van der Waals surface area (Å²) in [6.07, 6.45) is 6.39. The topological polar surface area (TPSA) is 154 Å². The lowest BCUT2D eigenvalue weighted by molar-refractivity contribution is 0.0904. The van der Waals surface area contributed by atoms with Crippen molar-refractivity contribution in [1.29, 1.82) is 0 Å². The second-order valence-electron chi connectivity index (χ2n) is 8.39. The highest BCUT2D eigenvalue weighted by molar-refractivity contribution is 5.98. The Morgan fingerprint density at radius 2 is 2.08 bits per heavy atom. The van der Waals surface area contributed by atoms with Gasteiger partial charge in [0, 0.05) is 31.9 Å². The van der Waals surface area contributed by atoms with Gasteiger partial charge >= 0.3 is 0 Å². The van der Waals surface area contributed by atoms with Crippen molar-refractivity contribution in [1.82, 2.24) is 39.9 Å². The molecule has 36 heavy (non-hydrogen) atoms. The molecule has 0 aliphatic carbocycles. The van der Waals surface area contributed by atoms with Crippen molar-refractivity contribution in [2.45, 2.75) is 18.9 Å². The summed E-state index contributed by atoms with van der Waals surface area (Å²) < 4.78 is 18.5. The van der Waals surface area contributed by atoms with Crippen LogP contribution in [-0.4, -0.2) is 66.3 Å². The minimum Gasteiger partial charge on any atom is -0.495 e. The Morgan fingerprint density at radius 1 is 1.19 bits per heavy atom. The summed E-state index contributed by atoms with van der Waals surface area (Å²) in [5.41, 5.74) is 2.73. The molecule has 0 radical (unpaired) electrons. The van der Waals surface area contributed by atoms with E-state index in [1.807, 2.05) is 29.8 Å². The van der Waals surface area contributed by atoms with Gasteiger partial charge < -0.3 is 29.1 Å². The monoisotopic (exact) mass is 488 g/mol. The molecule has 4 aromatic heterocycles. The summed E-state index contributed by atoms with van der Waals surface area (Å²) in [7, 11) is 3.50. The highest BCUT2D eigenvalue weighted by atomic mass is 16.5. The van der Waals surface area contributed by atoms with Crippen LogP contribution >= 0.6 is 0 Å². The lowest BCUT2D eigenvalue weighted by atomic mass is 10.1. The average molecular weight is 489 g/mol. The molecule has 0 unspecified atom stereocenters. The predicted molar refractivity (Wildman–Crippen MR) is 131 cm³/mol. The maximum atomic E-state index is 5.64. The fourth-order valence-electron chi connectivity index (χ4n) is 4.24. The number of fused-ring (bicyclic) bond motifs is 1. The number of hydrogen-bond donors (Lipinski definition) is 3. The van der Waals surface area contributed by atoms with E-state index >= 15 is 0 Å². The van der Waals surface area contributed by atoms with Crippen molar-refractivity contribution in [3.63, 3.8) is 0 Å². The Labute approximate surface area is 205 Å². The zero-order valence-corrected chi connectivity index (χ0v) is 19.7. The van der Waals surface area contributed by atoms with Crippen LogP contribution < -0.4 is 15.4 Å². The van der Waals surface area contributed by atoms with Crippen molar-refractivity contribution >= 4 is 28.5 Å². The van der Waals surface area contributed by atoms with Gasteiger partial charge in [0.05, 0.1) is 24.4 Å². The van der Waals surface area contributed by atoms with Gasteiger partial charge in [-0.2, -0.15) is 15.1 Å². The Balaban J connectivity index is 1.38. The number of rotatable bonds is 7. The minimum absolute atomic E-state index is 0.211. The molecule has 0 atom stereocenters. The normalized spacial score (nSPS) is 14.3. The number of H-pyrrole nitrogens is 1. The second kappa shape index (κ2) is 9.26. The first-order chi connectivity index (χ1) is 17.7. The quantitative estimate of drug-likeness (QED) is 0.309. The molecule has 0 saturated carbocycles. The third-order valence-corrected chi connectivity index (χ3v) is 6.06. The molecule has 184 valence electrons. The van der Waals surface area contributed by atoms with Gasteiger partial charge in [-0.1, -0.05) is 0 Å². The lowest BCUT2D eigenvalue weighted by Gasteiger charge is -2.24. The summed E-state index contributed by atoms with van der Waals surface area (Å²) in [5.74, 6) is 2.91. The number of aromatic amines is 1. The number of hydrogen-bond acceptors (Lipinski definition) is 11. The van der Waals surface area contributed by atoms with Crippen molar-refractivity contribution in [3.8, 4) is 28.6 Å². The van der Waals surface area contributed by atoms with Gasteiger partial charge in [0.1, 0.15) is 23.6 Å². The number of ether oxygens (including phenoxy) is 2. The highest BCUT2D eigenvalue weighted by Gasteiger charge is 2.22. The Bertz CT molecular complexity index is 1490. The van der Waals surface area contributed by atoms with E-state index < -0.39 is 0 Å². The van der Waals surface area contributed by atoms with E-state index in [-0.39, 0.29) is 6.04 Å². The van der Waals surface area contributed by atoms with Crippen LogP contribution in [0.5, 0.6) is 5.75 Å². The van der Waals surface area contributed by atoms with E-state index in [9.17, 15) is 0 Å². The van der Waals surface area contributed by atoms with Gasteiger partial charge in [0.15, 0.2) is 23.6 Å². The van der Waals surface area contributed by atoms with Crippen LogP contribution in [0.25, 0.3) is 33.9 Å². The zero-order valence-electron chi connectivity index (χ0n) is 19.7. The molecule has 1 saturated heterocycles. The van der Waals surface area contributed by atoms with Crippen molar-refractivity contribution < 1.29 is 13.9 Å². The van der Waals surface area contributed by atoms with Crippen LogP contribution in [0.2, 0.25) is 0 Å². The zero-order chi connectivity index (χ0) is 24.5. The van der Waals surface area contributed by atoms with Crippen LogP contribution in [0, 0.1) is 0 Å². The van der Waals surface area contributed by atoms with E-state index in [0.29, 0.717) is 53.5 Å². The highest BCUT2D eigenvalue weighted by Crippen LogP contribution is 2.35. The number of oxazole rings is 1. The summed E-state index contributed by atoms with van der Waals surface area (Å²) in [5, 5.41) is 23.1. The van der Waals surface area contributed by atoms with E-state index in [1.54, 1.807) is 19.6 Å². The van der Waals surface area contributed by atoms with Gasteiger partial charge in [-0.15, -0.1) is 10.2 Å². The molecule has 5 heterocycles. The number of nitrogens with zero attached hydrogens (tertiary/aromatic N) is 7. The van der Waals surface area contributed by atoms with Gasteiger partial charge in [0.2, 0.25) is 5.95 Å². The number of benzene rings is 1. The van der Waals surface area contributed by atoms with E-state index in [0.717, 1.165) is 29.6 Å². The summed E-state index contributed by atoms with van der Waals surface area (Å²) in [4.78, 5) is 13.5. The van der Waals surface area contributed by atoms with Crippen LogP contribution in [0.4, 0.5) is 17.5 Å². The Morgan fingerprint density at radius 3 is 2.83 bits per heavy atom. The number of aromatic nitrogens is 8. The minimum atomic E-state index is 0.211. The average Bonchev–Trinajstić information content (AvgIpc) is 3.66. The van der Waals surface area contributed by atoms with Gasteiger partial charge in [-0.05, 0) is 31.0 Å². The molecule has 1 aliphatic heterocycles. The first-order valence-corrected chi connectivity index (χ1v) is 11.5. The van der Waals surface area contributed by atoms with Gasteiger partial charge in [-0.3, -0.25) is 5.10 Å². The molecule has 1 fully saturated rings. The number of aryl methyl sites for hydroxylation is 1. The predicted octanol–water partition coefficient (Wildman–Crippen LogP) is 3.15. The first kappa shape index (κ1) is 22.0. The molecule has 0 amide bonds. The second-order valence-corrected chi connectivity index (χ2v) is 8.39. The van der Waals surface area contributed by atoms with Crippen LogP contribution in [0.3, 0.4) is 0 Å². The maximum Gasteiger partial charge on any atom is 0.231 e. The SMILES string of the molecule is COc1cc(-c2nncn2C)ccc1Nc1nc(NC2CCOCC2)c2c(-c3cnco3)n[nH]c2n1.